The first-order valence-electron chi connectivity index (χ1n) is 3.37. The van der Waals surface area contributed by atoms with Gasteiger partial charge in [0.05, 0.1) is 6.61 Å². The van der Waals surface area contributed by atoms with Crippen LogP contribution in [0.1, 0.15) is 13.3 Å². The van der Waals surface area contributed by atoms with Crippen LogP contribution in [-0.2, 0) is 9.53 Å². The van der Waals surface area contributed by atoms with E-state index in [-0.39, 0.29) is 5.78 Å². The first-order valence-corrected chi connectivity index (χ1v) is 3.37. The lowest BCUT2D eigenvalue weighted by Gasteiger charge is -2.07. The third-order valence-electron chi connectivity index (χ3n) is 1.26. The van der Waals surface area contributed by atoms with Gasteiger partial charge in [-0.3, -0.25) is 4.79 Å². The minimum absolute atomic E-state index is 0.0735. The molecule has 1 aliphatic carbocycles. The molecule has 0 saturated carbocycles. The van der Waals surface area contributed by atoms with E-state index in [1.165, 1.54) is 0 Å². The van der Waals surface area contributed by atoms with Crippen LogP contribution in [-0.4, -0.2) is 12.4 Å². The number of hydrogen-bond acceptors (Lipinski definition) is 2. The molecule has 10 heavy (non-hydrogen) atoms. The third-order valence-corrected chi connectivity index (χ3v) is 1.26. The lowest BCUT2D eigenvalue weighted by Crippen LogP contribution is -2.06. The molecule has 0 spiro atoms. The predicted molar refractivity (Wildman–Crippen MR) is 38.5 cm³/mol. The molecule has 2 nitrogen and oxygen atoms in total. The molecular weight excluding hydrogens is 128 g/mol. The van der Waals surface area contributed by atoms with Gasteiger partial charge in [-0.05, 0) is 13.0 Å². The number of hydrogen-bond donors (Lipinski definition) is 0. The van der Waals surface area contributed by atoms with Crippen molar-refractivity contribution in [1.82, 2.24) is 0 Å². The Bertz CT molecular complexity index is 189. The maximum absolute atomic E-state index is 10.9. The zero-order valence-corrected chi connectivity index (χ0v) is 5.96. The summed E-state index contributed by atoms with van der Waals surface area (Å²) in [5.41, 5.74) is 0. The minimum atomic E-state index is 0.0735. The van der Waals surface area contributed by atoms with Crippen molar-refractivity contribution in [1.29, 1.82) is 0 Å². The van der Waals surface area contributed by atoms with E-state index in [1.807, 2.05) is 19.1 Å². The molecule has 0 radical (unpaired) electrons. The first-order chi connectivity index (χ1) is 4.84. The Balaban J connectivity index is 2.61. The van der Waals surface area contributed by atoms with Crippen molar-refractivity contribution in [2.45, 2.75) is 13.3 Å². The average molecular weight is 138 g/mol. The number of carbonyl (C=O) groups excluding carboxylic acids is 1. The Labute approximate surface area is 60.2 Å². The van der Waals surface area contributed by atoms with Crippen LogP contribution >= 0.6 is 0 Å². The molecule has 0 atom stereocenters. The fraction of sp³-hybridized carbons (Fsp3) is 0.375. The summed E-state index contributed by atoms with van der Waals surface area (Å²) in [6.07, 6.45) is 5.85. The van der Waals surface area contributed by atoms with Crippen LogP contribution in [0.25, 0.3) is 0 Å². The van der Waals surface area contributed by atoms with Gasteiger partial charge in [0.2, 0.25) is 5.78 Å². The Kier molecular flexibility index (Phi) is 2.26. The molecule has 2 heteroatoms. The molecule has 0 aromatic rings. The van der Waals surface area contributed by atoms with Gasteiger partial charge in [-0.1, -0.05) is 12.2 Å². The first kappa shape index (κ1) is 7.06. The lowest BCUT2D eigenvalue weighted by molar-refractivity contribution is -0.118. The van der Waals surface area contributed by atoms with Crippen LogP contribution in [0.4, 0.5) is 0 Å². The van der Waals surface area contributed by atoms with E-state index in [9.17, 15) is 4.79 Å². The minimum Gasteiger partial charge on any atom is -0.490 e. The van der Waals surface area contributed by atoms with E-state index in [0.717, 1.165) is 0 Å². The molecule has 0 aromatic heterocycles. The van der Waals surface area contributed by atoms with Crippen molar-refractivity contribution in [3.63, 3.8) is 0 Å². The van der Waals surface area contributed by atoms with Gasteiger partial charge >= 0.3 is 0 Å². The smallest absolute Gasteiger partial charge is 0.201 e. The molecular formula is C8H10O2. The van der Waals surface area contributed by atoms with Crippen molar-refractivity contribution in [2.24, 2.45) is 0 Å². The number of ketones is 1. The van der Waals surface area contributed by atoms with E-state index in [1.54, 1.807) is 6.08 Å². The molecule has 54 valence electrons. The summed E-state index contributed by atoms with van der Waals surface area (Å²) >= 11 is 0. The van der Waals surface area contributed by atoms with E-state index in [4.69, 9.17) is 4.74 Å². The number of ether oxygens (including phenoxy) is 1. The normalized spacial score (nSPS) is 16.9. The van der Waals surface area contributed by atoms with Crippen LogP contribution in [0.2, 0.25) is 0 Å². The highest BCUT2D eigenvalue weighted by atomic mass is 16.5. The summed E-state index contributed by atoms with van der Waals surface area (Å²) in [6.45, 7) is 2.43. The predicted octanol–water partition coefficient (Wildman–Crippen LogP) is 1.44. The van der Waals surface area contributed by atoms with E-state index >= 15 is 0 Å². The fourth-order valence-corrected chi connectivity index (χ4v) is 0.808. The van der Waals surface area contributed by atoms with Gasteiger partial charge in [0.1, 0.15) is 0 Å². The number of Topliss-reactive ketones (excluding diaryl/α,β-unsaturated/α-hetero) is 1. The summed E-state index contributed by atoms with van der Waals surface area (Å²) in [5, 5.41) is 0. The molecule has 1 aliphatic rings. The summed E-state index contributed by atoms with van der Waals surface area (Å²) in [7, 11) is 0. The van der Waals surface area contributed by atoms with E-state index < -0.39 is 0 Å². The monoisotopic (exact) mass is 138 g/mol. The molecule has 0 saturated heterocycles. The SMILES string of the molecule is CCOC1=CC=CCC1=O. The number of rotatable bonds is 2. The molecule has 0 aliphatic heterocycles. The number of allylic oxidation sites excluding steroid dienone is 4. The van der Waals surface area contributed by atoms with Gasteiger partial charge in [-0.25, -0.2) is 0 Å². The van der Waals surface area contributed by atoms with Gasteiger partial charge < -0.3 is 4.74 Å². The Morgan fingerprint density at radius 1 is 1.70 bits per heavy atom. The second-order valence-corrected chi connectivity index (χ2v) is 2.02. The van der Waals surface area contributed by atoms with Gasteiger partial charge in [-0.15, -0.1) is 0 Å². The van der Waals surface area contributed by atoms with Crippen LogP contribution in [0.5, 0.6) is 0 Å². The standard InChI is InChI=1S/C8H10O2/c1-2-10-8-6-4-3-5-7(8)9/h3-4,6H,2,5H2,1H3. The lowest BCUT2D eigenvalue weighted by atomic mass is 10.1. The Morgan fingerprint density at radius 3 is 3.10 bits per heavy atom. The zero-order chi connectivity index (χ0) is 7.40. The summed E-state index contributed by atoms with van der Waals surface area (Å²) in [4.78, 5) is 10.9. The van der Waals surface area contributed by atoms with Crippen LogP contribution < -0.4 is 0 Å². The Morgan fingerprint density at radius 2 is 2.50 bits per heavy atom. The highest BCUT2D eigenvalue weighted by Gasteiger charge is 2.09. The van der Waals surface area contributed by atoms with Crippen molar-refractivity contribution >= 4 is 5.78 Å². The topological polar surface area (TPSA) is 26.3 Å². The van der Waals surface area contributed by atoms with Gasteiger partial charge in [0, 0.05) is 6.42 Å². The third kappa shape index (κ3) is 1.47. The molecule has 0 fully saturated rings. The molecule has 1 rings (SSSR count). The van der Waals surface area contributed by atoms with E-state index in [2.05, 4.69) is 0 Å². The van der Waals surface area contributed by atoms with Crippen LogP contribution in [0, 0.1) is 0 Å². The number of carbonyl (C=O) groups is 1. The fourth-order valence-electron chi connectivity index (χ4n) is 0.808. The summed E-state index contributed by atoms with van der Waals surface area (Å²) in [6, 6.07) is 0. The van der Waals surface area contributed by atoms with Crippen molar-refractivity contribution in [3.8, 4) is 0 Å². The van der Waals surface area contributed by atoms with Gasteiger partial charge in [0.15, 0.2) is 5.76 Å². The highest BCUT2D eigenvalue weighted by Crippen LogP contribution is 2.08. The highest BCUT2D eigenvalue weighted by molar-refractivity contribution is 5.95. The summed E-state index contributed by atoms with van der Waals surface area (Å²) in [5.74, 6) is 0.564. The molecule has 0 N–H and O–H groups in total. The maximum Gasteiger partial charge on any atom is 0.201 e. The van der Waals surface area contributed by atoms with Gasteiger partial charge in [-0.2, -0.15) is 0 Å². The maximum atomic E-state index is 10.9. The quantitative estimate of drug-likeness (QED) is 0.577. The average Bonchev–Trinajstić information content (AvgIpc) is 1.94. The molecule has 0 heterocycles. The van der Waals surface area contributed by atoms with Crippen molar-refractivity contribution in [2.75, 3.05) is 6.61 Å². The molecule has 0 aromatic carbocycles. The molecule has 0 bridgehead atoms. The largest absolute Gasteiger partial charge is 0.490 e. The van der Waals surface area contributed by atoms with Crippen LogP contribution in [0.3, 0.4) is 0 Å². The van der Waals surface area contributed by atoms with Gasteiger partial charge in [0.25, 0.3) is 0 Å². The van der Waals surface area contributed by atoms with E-state index in [0.29, 0.717) is 18.8 Å². The molecule has 0 unspecified atom stereocenters. The molecule has 0 amide bonds. The zero-order valence-electron chi connectivity index (χ0n) is 5.96. The second kappa shape index (κ2) is 3.20. The Hall–Kier alpha value is -1.05. The van der Waals surface area contributed by atoms with Crippen LogP contribution in [0.15, 0.2) is 24.0 Å². The van der Waals surface area contributed by atoms with Crippen molar-refractivity contribution in [3.05, 3.63) is 24.0 Å². The summed E-state index contributed by atoms with van der Waals surface area (Å²) < 4.78 is 5.06. The second-order valence-electron chi connectivity index (χ2n) is 2.02. The van der Waals surface area contributed by atoms with Crippen molar-refractivity contribution < 1.29 is 9.53 Å².